The quantitative estimate of drug-likeness (QED) is 0.712. The molecule has 0 bridgehead atoms. The molecule has 2 heterocycles. The van der Waals surface area contributed by atoms with Gasteiger partial charge in [0.05, 0.1) is 0 Å². The van der Waals surface area contributed by atoms with E-state index >= 15 is 0 Å². The van der Waals surface area contributed by atoms with Crippen molar-refractivity contribution in [1.82, 2.24) is 9.88 Å². The molecule has 2 aromatic carbocycles. The van der Waals surface area contributed by atoms with Gasteiger partial charge in [-0.05, 0) is 31.4 Å². The number of aromatic amines is 1. The molecule has 0 saturated carbocycles. The van der Waals surface area contributed by atoms with E-state index in [2.05, 4.69) is 4.98 Å². The minimum Gasteiger partial charge on any atom is -0.443 e. The molecule has 0 unspecified atom stereocenters. The van der Waals surface area contributed by atoms with Crippen LogP contribution in [0.2, 0.25) is 0 Å². The summed E-state index contributed by atoms with van der Waals surface area (Å²) in [6, 6.07) is 18.6. The van der Waals surface area contributed by atoms with Crippen LogP contribution in [-0.2, 0) is 9.53 Å². The Bertz CT molecular complexity index is 909. The first-order chi connectivity index (χ1) is 13.2. The van der Waals surface area contributed by atoms with Gasteiger partial charge in [-0.15, -0.1) is 0 Å². The van der Waals surface area contributed by atoms with E-state index in [1.54, 1.807) is 11.0 Å². The van der Waals surface area contributed by atoms with E-state index in [-0.39, 0.29) is 5.91 Å². The molecule has 0 spiro atoms. The summed E-state index contributed by atoms with van der Waals surface area (Å²) in [4.78, 5) is 30.7. The summed E-state index contributed by atoms with van der Waals surface area (Å²) in [6.07, 6.45) is 2.18. The summed E-state index contributed by atoms with van der Waals surface area (Å²) in [5.41, 5.74) is 1.91. The lowest BCUT2D eigenvalue weighted by Gasteiger charge is -2.30. The lowest BCUT2D eigenvalue weighted by molar-refractivity contribution is -0.142. The van der Waals surface area contributed by atoms with Crippen LogP contribution in [0.15, 0.2) is 60.7 Å². The molecular formula is C22H22N2O3. The maximum absolute atomic E-state index is 13.1. The molecule has 27 heavy (non-hydrogen) atoms. The van der Waals surface area contributed by atoms with Crippen molar-refractivity contribution in [3.63, 3.8) is 0 Å². The van der Waals surface area contributed by atoms with Crippen molar-refractivity contribution >= 4 is 22.8 Å². The third-order valence-corrected chi connectivity index (χ3v) is 4.97. The highest BCUT2D eigenvalue weighted by atomic mass is 16.5. The van der Waals surface area contributed by atoms with Crippen LogP contribution < -0.4 is 0 Å². The van der Waals surface area contributed by atoms with Crippen molar-refractivity contribution in [2.45, 2.75) is 25.4 Å². The van der Waals surface area contributed by atoms with Gasteiger partial charge < -0.3 is 14.6 Å². The SMILES string of the molecule is O=C(O[C@@H](C(=O)N1CCCCC1)c1ccccc1)c1cc2ccccc2[nH]1. The van der Waals surface area contributed by atoms with Crippen LogP contribution in [0.3, 0.4) is 0 Å². The number of likely N-dealkylation sites (tertiary alicyclic amines) is 1. The van der Waals surface area contributed by atoms with E-state index < -0.39 is 12.1 Å². The molecule has 3 aromatic rings. The number of carbonyl (C=O) groups excluding carboxylic acids is 2. The first-order valence-electron chi connectivity index (χ1n) is 9.35. The molecule has 5 heteroatoms. The number of fused-ring (bicyclic) bond motifs is 1. The molecule has 4 rings (SSSR count). The zero-order valence-corrected chi connectivity index (χ0v) is 15.1. The summed E-state index contributed by atoms with van der Waals surface area (Å²) in [5, 5.41) is 0.933. The molecular weight excluding hydrogens is 340 g/mol. The van der Waals surface area contributed by atoms with E-state index in [0.717, 1.165) is 30.2 Å². The van der Waals surface area contributed by atoms with Crippen LogP contribution in [0, 0.1) is 0 Å². The van der Waals surface area contributed by atoms with E-state index in [1.807, 2.05) is 54.6 Å². The zero-order chi connectivity index (χ0) is 18.6. The number of esters is 1. The highest BCUT2D eigenvalue weighted by molar-refractivity contribution is 5.96. The molecule has 1 fully saturated rings. The Morgan fingerprint density at radius 3 is 2.37 bits per heavy atom. The number of aromatic nitrogens is 1. The van der Waals surface area contributed by atoms with Gasteiger partial charge in [-0.25, -0.2) is 4.79 Å². The number of H-pyrrole nitrogens is 1. The highest BCUT2D eigenvalue weighted by Gasteiger charge is 2.31. The summed E-state index contributed by atoms with van der Waals surface area (Å²) in [5.74, 6) is -0.671. The van der Waals surface area contributed by atoms with Crippen LogP contribution in [0.25, 0.3) is 10.9 Å². The van der Waals surface area contributed by atoms with Gasteiger partial charge in [-0.1, -0.05) is 48.5 Å². The van der Waals surface area contributed by atoms with Crippen LogP contribution in [0.4, 0.5) is 0 Å². The lowest BCUT2D eigenvalue weighted by Crippen LogP contribution is -2.40. The zero-order valence-electron chi connectivity index (χ0n) is 15.1. The van der Waals surface area contributed by atoms with Gasteiger partial charge in [-0.3, -0.25) is 4.79 Å². The molecule has 1 amide bonds. The number of nitrogens with one attached hydrogen (secondary N) is 1. The number of rotatable bonds is 4. The number of para-hydroxylation sites is 1. The molecule has 1 saturated heterocycles. The molecule has 0 radical (unpaired) electrons. The topological polar surface area (TPSA) is 62.4 Å². The van der Waals surface area contributed by atoms with Gasteiger partial charge in [0.25, 0.3) is 5.91 Å². The summed E-state index contributed by atoms with van der Waals surface area (Å²) >= 11 is 0. The average Bonchev–Trinajstić information content (AvgIpc) is 3.17. The minimum atomic E-state index is -0.928. The Labute approximate surface area is 157 Å². The third kappa shape index (κ3) is 3.72. The summed E-state index contributed by atoms with van der Waals surface area (Å²) in [6.45, 7) is 1.43. The second-order valence-electron chi connectivity index (χ2n) is 6.85. The molecule has 1 N–H and O–H groups in total. The van der Waals surface area contributed by atoms with Crippen molar-refractivity contribution in [2.75, 3.05) is 13.1 Å². The first kappa shape index (κ1) is 17.3. The molecule has 0 aliphatic carbocycles. The number of nitrogens with zero attached hydrogens (tertiary/aromatic N) is 1. The number of benzene rings is 2. The highest BCUT2D eigenvalue weighted by Crippen LogP contribution is 2.25. The average molecular weight is 362 g/mol. The fourth-order valence-corrected chi connectivity index (χ4v) is 3.52. The van der Waals surface area contributed by atoms with Crippen LogP contribution in [-0.4, -0.2) is 34.8 Å². The predicted molar refractivity (Wildman–Crippen MR) is 103 cm³/mol. The third-order valence-electron chi connectivity index (χ3n) is 4.97. The second-order valence-corrected chi connectivity index (χ2v) is 6.85. The smallest absolute Gasteiger partial charge is 0.355 e. The Balaban J connectivity index is 1.60. The molecule has 1 aliphatic rings. The Morgan fingerprint density at radius 1 is 0.926 bits per heavy atom. The maximum atomic E-state index is 13.1. The molecule has 1 aromatic heterocycles. The van der Waals surface area contributed by atoms with Gasteiger partial charge in [0.2, 0.25) is 6.10 Å². The van der Waals surface area contributed by atoms with E-state index in [4.69, 9.17) is 4.74 Å². The number of hydrogen-bond donors (Lipinski definition) is 1. The largest absolute Gasteiger partial charge is 0.443 e. The fourth-order valence-electron chi connectivity index (χ4n) is 3.52. The number of carbonyl (C=O) groups is 2. The Kier molecular flexibility index (Phi) is 4.92. The number of ether oxygens (including phenoxy) is 1. The number of piperidine rings is 1. The minimum absolute atomic E-state index is 0.148. The summed E-state index contributed by atoms with van der Waals surface area (Å²) < 4.78 is 5.71. The van der Waals surface area contributed by atoms with Crippen LogP contribution in [0.1, 0.15) is 41.4 Å². The van der Waals surface area contributed by atoms with Gasteiger partial charge in [0.15, 0.2) is 0 Å². The molecule has 138 valence electrons. The second kappa shape index (κ2) is 7.66. The fraction of sp³-hybridized carbons (Fsp3) is 0.273. The lowest BCUT2D eigenvalue weighted by atomic mass is 10.1. The predicted octanol–water partition coefficient (Wildman–Crippen LogP) is 4.08. The van der Waals surface area contributed by atoms with Gasteiger partial charge in [0.1, 0.15) is 5.69 Å². The van der Waals surface area contributed by atoms with Crippen molar-refractivity contribution in [3.8, 4) is 0 Å². The van der Waals surface area contributed by atoms with E-state index in [1.165, 1.54) is 0 Å². The monoisotopic (exact) mass is 362 g/mol. The normalized spacial score (nSPS) is 15.5. The van der Waals surface area contributed by atoms with Crippen molar-refractivity contribution in [2.24, 2.45) is 0 Å². The van der Waals surface area contributed by atoms with Gasteiger partial charge in [-0.2, -0.15) is 0 Å². The van der Waals surface area contributed by atoms with Crippen LogP contribution in [0.5, 0.6) is 0 Å². The van der Waals surface area contributed by atoms with Gasteiger partial charge in [0, 0.05) is 29.6 Å². The Morgan fingerprint density at radius 2 is 1.63 bits per heavy atom. The van der Waals surface area contributed by atoms with Gasteiger partial charge >= 0.3 is 5.97 Å². The van der Waals surface area contributed by atoms with Crippen molar-refractivity contribution in [1.29, 1.82) is 0 Å². The van der Waals surface area contributed by atoms with Crippen molar-refractivity contribution in [3.05, 3.63) is 71.9 Å². The standard InChI is InChI=1S/C22H22N2O3/c25-21(24-13-7-2-8-14-24)20(16-9-3-1-4-10-16)27-22(26)19-15-17-11-5-6-12-18(17)23-19/h1,3-6,9-12,15,20,23H,2,7-8,13-14H2/t20-/m1/s1. The number of amides is 1. The van der Waals surface area contributed by atoms with Crippen molar-refractivity contribution < 1.29 is 14.3 Å². The van der Waals surface area contributed by atoms with E-state index in [9.17, 15) is 9.59 Å². The Hall–Kier alpha value is -3.08. The molecule has 5 nitrogen and oxygen atoms in total. The summed E-state index contributed by atoms with van der Waals surface area (Å²) in [7, 11) is 0. The maximum Gasteiger partial charge on any atom is 0.355 e. The van der Waals surface area contributed by atoms with E-state index in [0.29, 0.717) is 24.3 Å². The molecule has 1 aliphatic heterocycles. The molecule has 1 atom stereocenters. The van der Waals surface area contributed by atoms with Crippen LogP contribution >= 0.6 is 0 Å². The number of hydrogen-bond acceptors (Lipinski definition) is 3. The first-order valence-corrected chi connectivity index (χ1v) is 9.35.